The summed E-state index contributed by atoms with van der Waals surface area (Å²) in [5.41, 5.74) is 0. The number of ether oxygens (including phenoxy) is 2. The van der Waals surface area contributed by atoms with Crippen molar-refractivity contribution in [2.24, 2.45) is 0 Å². The lowest BCUT2D eigenvalue weighted by Gasteiger charge is -2.11. The third-order valence-electron chi connectivity index (χ3n) is 2.60. The zero-order chi connectivity index (χ0) is 14.7. The van der Waals surface area contributed by atoms with Crippen LogP contribution in [0.1, 0.15) is 6.42 Å². The molecule has 5 nitrogen and oxygen atoms in total. The highest BCUT2D eigenvalue weighted by Gasteiger charge is 2.27. The predicted molar refractivity (Wildman–Crippen MR) is 74.5 cm³/mol. The van der Waals surface area contributed by atoms with Crippen LogP contribution in [0, 0.1) is 0 Å². The van der Waals surface area contributed by atoms with Gasteiger partial charge in [0.2, 0.25) is 0 Å². The molecule has 0 saturated carbocycles. The van der Waals surface area contributed by atoms with Crippen molar-refractivity contribution < 1.29 is 19.1 Å². The maximum atomic E-state index is 11.6. The highest BCUT2D eigenvalue weighted by molar-refractivity contribution is 6.43. The second-order valence-electron chi connectivity index (χ2n) is 4.06. The minimum Gasteiger partial charge on any atom is -0.482 e. The van der Waals surface area contributed by atoms with Crippen LogP contribution >= 0.6 is 34.8 Å². The number of nitrogens with one attached hydrogen (secondary N) is 1. The van der Waals surface area contributed by atoms with Crippen molar-refractivity contribution in [1.82, 2.24) is 5.32 Å². The van der Waals surface area contributed by atoms with Crippen LogP contribution in [0.5, 0.6) is 5.75 Å². The van der Waals surface area contributed by atoms with Gasteiger partial charge in [-0.1, -0.05) is 34.8 Å². The Labute approximate surface area is 130 Å². The molecule has 1 aliphatic rings. The fraction of sp³-hybridized carbons (Fsp3) is 0.333. The van der Waals surface area contributed by atoms with Gasteiger partial charge in [0.25, 0.3) is 5.91 Å². The number of amides is 1. The molecule has 0 aliphatic carbocycles. The van der Waals surface area contributed by atoms with Crippen LogP contribution in [0.4, 0.5) is 0 Å². The molecule has 8 heteroatoms. The zero-order valence-electron chi connectivity index (χ0n) is 10.1. The van der Waals surface area contributed by atoms with Gasteiger partial charge in [-0.3, -0.25) is 4.79 Å². The monoisotopic (exact) mass is 337 g/mol. The number of hydrogen-bond donors (Lipinski definition) is 1. The van der Waals surface area contributed by atoms with Crippen molar-refractivity contribution in [3.63, 3.8) is 0 Å². The maximum absolute atomic E-state index is 11.6. The molecule has 1 saturated heterocycles. The summed E-state index contributed by atoms with van der Waals surface area (Å²) in [4.78, 5) is 22.8. The zero-order valence-corrected chi connectivity index (χ0v) is 12.4. The maximum Gasteiger partial charge on any atom is 0.328 e. The van der Waals surface area contributed by atoms with Crippen LogP contribution in [0.25, 0.3) is 0 Å². The van der Waals surface area contributed by atoms with Crippen molar-refractivity contribution in [3.8, 4) is 5.75 Å². The minimum atomic E-state index is -0.615. The van der Waals surface area contributed by atoms with Gasteiger partial charge >= 0.3 is 5.97 Å². The van der Waals surface area contributed by atoms with E-state index in [-0.39, 0.29) is 22.4 Å². The average Bonchev–Trinajstić information content (AvgIpc) is 2.78. The molecule has 1 atom stereocenters. The Bertz CT molecular complexity index is 550. The van der Waals surface area contributed by atoms with Gasteiger partial charge in [-0.25, -0.2) is 4.79 Å². The smallest absolute Gasteiger partial charge is 0.328 e. The molecule has 108 valence electrons. The lowest BCUT2D eigenvalue weighted by atomic mass is 10.2. The summed E-state index contributed by atoms with van der Waals surface area (Å²) >= 11 is 17.5. The topological polar surface area (TPSA) is 64.6 Å². The van der Waals surface area contributed by atoms with E-state index < -0.39 is 17.9 Å². The normalized spacial score (nSPS) is 17.8. The Morgan fingerprint density at radius 3 is 2.65 bits per heavy atom. The first kappa shape index (κ1) is 15.2. The van der Waals surface area contributed by atoms with Gasteiger partial charge < -0.3 is 14.8 Å². The van der Waals surface area contributed by atoms with Gasteiger partial charge in [0.05, 0.1) is 21.7 Å². The molecular weight excluding hydrogens is 328 g/mol. The Balaban J connectivity index is 1.90. The van der Waals surface area contributed by atoms with Crippen LogP contribution in [-0.4, -0.2) is 31.1 Å². The summed E-state index contributed by atoms with van der Waals surface area (Å²) in [6.45, 7) is 0.0186. The van der Waals surface area contributed by atoms with Gasteiger partial charge in [-0.15, -0.1) is 0 Å². The SMILES string of the molecule is O=C(COc1cc(Cl)c(Cl)cc1Cl)N[C@H]1CCOC1=O. The van der Waals surface area contributed by atoms with Gasteiger partial charge in [-0.05, 0) is 6.07 Å². The van der Waals surface area contributed by atoms with E-state index in [2.05, 4.69) is 5.32 Å². The fourth-order valence-electron chi connectivity index (χ4n) is 1.62. The molecule has 0 radical (unpaired) electrons. The number of benzene rings is 1. The first-order valence-corrected chi connectivity index (χ1v) is 6.84. The van der Waals surface area contributed by atoms with E-state index in [1.807, 2.05) is 0 Å². The summed E-state index contributed by atoms with van der Waals surface area (Å²) in [6, 6.07) is 2.23. The quantitative estimate of drug-likeness (QED) is 0.676. The van der Waals surface area contributed by atoms with Crippen LogP contribution in [0.2, 0.25) is 15.1 Å². The van der Waals surface area contributed by atoms with E-state index in [0.29, 0.717) is 18.1 Å². The van der Waals surface area contributed by atoms with Gasteiger partial charge in [-0.2, -0.15) is 0 Å². The number of carbonyl (C=O) groups excluding carboxylic acids is 2. The van der Waals surface area contributed by atoms with E-state index >= 15 is 0 Å². The van der Waals surface area contributed by atoms with Crippen LogP contribution in [-0.2, 0) is 14.3 Å². The van der Waals surface area contributed by atoms with Crippen LogP contribution in [0.3, 0.4) is 0 Å². The van der Waals surface area contributed by atoms with Crippen molar-refractivity contribution >= 4 is 46.7 Å². The highest BCUT2D eigenvalue weighted by atomic mass is 35.5. The molecule has 1 heterocycles. The van der Waals surface area contributed by atoms with Gasteiger partial charge in [0, 0.05) is 12.5 Å². The first-order valence-electron chi connectivity index (χ1n) is 5.70. The molecule has 1 fully saturated rings. The lowest BCUT2D eigenvalue weighted by Crippen LogP contribution is -2.40. The molecule has 1 aromatic carbocycles. The molecule has 0 unspecified atom stereocenters. The van der Waals surface area contributed by atoms with Crippen molar-refractivity contribution in [2.45, 2.75) is 12.5 Å². The van der Waals surface area contributed by atoms with E-state index in [1.54, 1.807) is 0 Å². The minimum absolute atomic E-state index is 0.241. The molecule has 0 spiro atoms. The van der Waals surface area contributed by atoms with Crippen molar-refractivity contribution in [1.29, 1.82) is 0 Å². The Hall–Kier alpha value is -1.17. The summed E-state index contributed by atoms with van der Waals surface area (Å²) in [5.74, 6) is -0.646. The molecule has 0 bridgehead atoms. The number of esters is 1. The van der Waals surface area contributed by atoms with Crippen molar-refractivity contribution in [2.75, 3.05) is 13.2 Å². The summed E-state index contributed by atoms with van der Waals surface area (Å²) in [6.07, 6.45) is 0.456. The molecule has 2 rings (SSSR count). The Morgan fingerprint density at radius 1 is 1.30 bits per heavy atom. The number of carbonyl (C=O) groups is 2. The van der Waals surface area contributed by atoms with E-state index in [9.17, 15) is 9.59 Å². The highest BCUT2D eigenvalue weighted by Crippen LogP contribution is 2.33. The molecule has 1 aliphatic heterocycles. The van der Waals surface area contributed by atoms with E-state index in [1.165, 1.54) is 12.1 Å². The second kappa shape index (κ2) is 6.52. The largest absolute Gasteiger partial charge is 0.482 e. The summed E-state index contributed by atoms with van der Waals surface area (Å²) < 4.78 is 9.97. The van der Waals surface area contributed by atoms with Crippen LogP contribution in [0.15, 0.2) is 12.1 Å². The molecular formula is C12H10Cl3NO4. The Morgan fingerprint density at radius 2 is 2.00 bits per heavy atom. The molecule has 1 aromatic rings. The van der Waals surface area contributed by atoms with Gasteiger partial charge in [0.1, 0.15) is 11.8 Å². The molecule has 20 heavy (non-hydrogen) atoms. The molecule has 0 aromatic heterocycles. The number of halogens is 3. The predicted octanol–water partition coefficient (Wildman–Crippen LogP) is 2.46. The third-order valence-corrected chi connectivity index (χ3v) is 3.62. The standard InChI is InChI=1S/C12H10Cl3NO4/c13-6-3-8(15)10(4-7(6)14)20-5-11(17)16-9-1-2-19-12(9)18/h3-4,9H,1-2,5H2,(H,16,17)/t9-/m0/s1. The Kier molecular flexibility index (Phi) is 4.96. The first-order chi connectivity index (χ1) is 9.47. The number of rotatable bonds is 4. The summed E-state index contributed by atoms with van der Waals surface area (Å²) in [7, 11) is 0. The average molecular weight is 339 g/mol. The fourth-order valence-corrected chi connectivity index (χ4v) is 2.21. The molecule has 1 amide bonds. The van der Waals surface area contributed by atoms with E-state index in [0.717, 1.165) is 0 Å². The van der Waals surface area contributed by atoms with Gasteiger partial charge in [0.15, 0.2) is 6.61 Å². The lowest BCUT2D eigenvalue weighted by molar-refractivity contribution is -0.141. The number of hydrogen-bond acceptors (Lipinski definition) is 4. The summed E-state index contributed by atoms with van der Waals surface area (Å²) in [5, 5.41) is 3.31. The van der Waals surface area contributed by atoms with Crippen molar-refractivity contribution in [3.05, 3.63) is 27.2 Å². The third kappa shape index (κ3) is 3.69. The molecule has 1 N–H and O–H groups in total. The number of cyclic esters (lactones) is 1. The van der Waals surface area contributed by atoms with Crippen LogP contribution < -0.4 is 10.1 Å². The van der Waals surface area contributed by atoms with E-state index in [4.69, 9.17) is 44.3 Å². The second-order valence-corrected chi connectivity index (χ2v) is 5.28.